The third-order valence-electron chi connectivity index (χ3n) is 6.92. The number of aryl methyl sites for hydroxylation is 1. The lowest BCUT2D eigenvalue weighted by molar-refractivity contribution is -0.144. The number of hydrazone groups is 1. The van der Waals surface area contributed by atoms with E-state index in [1.165, 1.54) is 4.90 Å². The number of nitrogens with two attached hydrogens (primary N) is 1. The summed E-state index contributed by atoms with van der Waals surface area (Å²) >= 11 is 0. The molecule has 226 valence electrons. The van der Waals surface area contributed by atoms with Crippen LogP contribution in [-0.2, 0) is 20.8 Å². The lowest BCUT2D eigenvalue weighted by atomic mass is 9.98. The van der Waals surface area contributed by atoms with E-state index in [4.69, 9.17) is 5.73 Å². The molecular formula is C27H32N10O6. The minimum Gasteiger partial charge on any atom is -0.481 e. The van der Waals surface area contributed by atoms with Gasteiger partial charge in [0.2, 0.25) is 11.8 Å². The van der Waals surface area contributed by atoms with Gasteiger partial charge < -0.3 is 26.4 Å². The fourth-order valence-corrected chi connectivity index (χ4v) is 4.95. The molecule has 1 aromatic heterocycles. The molecule has 7 N–H and O–H groups in total. The summed E-state index contributed by atoms with van der Waals surface area (Å²) in [5.74, 6) is -2.39. The summed E-state index contributed by atoms with van der Waals surface area (Å²) in [4.78, 5) is 64.6. The lowest BCUT2D eigenvalue weighted by Crippen LogP contribution is -2.58. The van der Waals surface area contributed by atoms with Crippen LogP contribution in [0.1, 0.15) is 48.3 Å². The molecule has 43 heavy (non-hydrogen) atoms. The van der Waals surface area contributed by atoms with Crippen molar-refractivity contribution in [3.8, 4) is 0 Å². The Bertz CT molecular complexity index is 1490. The molecule has 0 bridgehead atoms. The van der Waals surface area contributed by atoms with E-state index in [1.54, 1.807) is 12.1 Å². The molecule has 1 aliphatic heterocycles. The standard InChI is InChI=1S/C27H32N10O6/c28-27(43)34-29-15-17(14-23(38)39)30-25(41)21-10-3-4-13-37(21)26(42)20(11-12-22-32-35-36-33-22)31-24(40)19-9-5-7-16-6-1-2-8-18(16)19/h1-2,5-9,15,17,20-21H,3-4,10-14H2,(H,30,41)(H,31,40)(H,38,39)(H3,28,34,43)(H,32,33,35,36)/t17-,20-,21-/m0/s1. The minimum absolute atomic E-state index is 0.132. The van der Waals surface area contributed by atoms with Crippen molar-refractivity contribution in [2.75, 3.05) is 6.54 Å². The number of likely N-dealkylation sites (tertiary alicyclic amines) is 1. The Kier molecular flexibility index (Phi) is 10.3. The molecule has 1 saturated heterocycles. The van der Waals surface area contributed by atoms with Crippen LogP contribution in [0.5, 0.6) is 0 Å². The summed E-state index contributed by atoms with van der Waals surface area (Å²) in [5, 5.41) is 33.6. The zero-order valence-corrected chi connectivity index (χ0v) is 23.1. The van der Waals surface area contributed by atoms with Crippen molar-refractivity contribution in [1.82, 2.24) is 41.6 Å². The molecule has 16 heteroatoms. The Hall–Kier alpha value is -5.41. The smallest absolute Gasteiger partial charge is 0.332 e. The highest BCUT2D eigenvalue weighted by atomic mass is 16.4. The lowest BCUT2D eigenvalue weighted by Gasteiger charge is -2.37. The van der Waals surface area contributed by atoms with Crippen LogP contribution in [0.2, 0.25) is 0 Å². The maximum absolute atomic E-state index is 14.0. The van der Waals surface area contributed by atoms with Gasteiger partial charge in [-0.15, -0.1) is 10.2 Å². The number of carboxylic acid groups (broad SMARTS) is 1. The molecule has 0 aliphatic carbocycles. The van der Waals surface area contributed by atoms with Crippen molar-refractivity contribution < 1.29 is 29.1 Å². The van der Waals surface area contributed by atoms with Gasteiger partial charge in [-0.3, -0.25) is 19.2 Å². The largest absolute Gasteiger partial charge is 0.481 e. The number of hydrogen-bond acceptors (Lipinski definition) is 9. The van der Waals surface area contributed by atoms with Gasteiger partial charge in [-0.05, 0) is 42.5 Å². The zero-order chi connectivity index (χ0) is 30.8. The van der Waals surface area contributed by atoms with Crippen molar-refractivity contribution in [3.63, 3.8) is 0 Å². The van der Waals surface area contributed by atoms with Crippen LogP contribution in [0.15, 0.2) is 47.6 Å². The number of carboxylic acids is 1. The van der Waals surface area contributed by atoms with E-state index in [0.29, 0.717) is 30.7 Å². The van der Waals surface area contributed by atoms with E-state index < -0.39 is 54.3 Å². The van der Waals surface area contributed by atoms with E-state index in [0.717, 1.165) is 17.0 Å². The fraction of sp³-hybridized carbons (Fsp3) is 0.370. The molecule has 5 amide bonds. The molecule has 4 rings (SSSR count). The van der Waals surface area contributed by atoms with Crippen molar-refractivity contribution in [3.05, 3.63) is 53.9 Å². The number of carbonyl (C=O) groups excluding carboxylic acids is 4. The Morgan fingerprint density at radius 2 is 1.91 bits per heavy atom. The second-order valence-electron chi connectivity index (χ2n) is 9.93. The third-order valence-corrected chi connectivity index (χ3v) is 6.92. The molecular weight excluding hydrogens is 560 g/mol. The topological polar surface area (TPSA) is 238 Å². The molecule has 2 aromatic carbocycles. The van der Waals surface area contributed by atoms with E-state index >= 15 is 0 Å². The van der Waals surface area contributed by atoms with Gasteiger partial charge in [-0.2, -0.15) is 10.3 Å². The van der Waals surface area contributed by atoms with E-state index in [9.17, 15) is 29.1 Å². The first-order chi connectivity index (χ1) is 20.7. The van der Waals surface area contributed by atoms with Gasteiger partial charge in [0.25, 0.3) is 5.91 Å². The minimum atomic E-state index is -1.22. The number of rotatable bonds is 12. The number of aromatic amines is 1. The number of urea groups is 1. The van der Waals surface area contributed by atoms with Crippen LogP contribution < -0.4 is 21.8 Å². The molecule has 0 unspecified atom stereocenters. The Morgan fingerprint density at radius 1 is 1.12 bits per heavy atom. The van der Waals surface area contributed by atoms with Gasteiger partial charge in [0, 0.05) is 24.7 Å². The van der Waals surface area contributed by atoms with E-state index in [-0.39, 0.29) is 19.4 Å². The number of tetrazole rings is 1. The van der Waals surface area contributed by atoms with Crippen LogP contribution in [0.3, 0.4) is 0 Å². The number of piperidine rings is 1. The first-order valence-corrected chi connectivity index (χ1v) is 13.6. The van der Waals surface area contributed by atoms with Crippen LogP contribution in [0, 0.1) is 0 Å². The number of benzene rings is 2. The number of H-pyrrole nitrogens is 1. The number of aromatic nitrogens is 4. The average Bonchev–Trinajstić information content (AvgIpc) is 3.51. The maximum atomic E-state index is 14.0. The predicted octanol–water partition coefficient (Wildman–Crippen LogP) is 0.0788. The molecule has 3 atom stereocenters. The monoisotopic (exact) mass is 592 g/mol. The molecule has 0 spiro atoms. The summed E-state index contributed by atoms with van der Waals surface area (Å²) < 4.78 is 0. The van der Waals surface area contributed by atoms with E-state index in [1.807, 2.05) is 35.8 Å². The Balaban J connectivity index is 1.55. The second-order valence-corrected chi connectivity index (χ2v) is 9.93. The Labute approximate surface area is 245 Å². The normalized spacial score (nSPS) is 16.4. The number of hydrogen-bond donors (Lipinski definition) is 6. The fourth-order valence-electron chi connectivity index (χ4n) is 4.95. The van der Waals surface area contributed by atoms with Gasteiger partial charge in [0.15, 0.2) is 5.82 Å². The molecule has 2 heterocycles. The van der Waals surface area contributed by atoms with Crippen molar-refractivity contribution in [2.45, 2.75) is 56.7 Å². The summed E-state index contributed by atoms with van der Waals surface area (Å²) in [7, 11) is 0. The van der Waals surface area contributed by atoms with Crippen LogP contribution in [-0.4, -0.2) is 91.2 Å². The summed E-state index contributed by atoms with van der Waals surface area (Å²) in [6, 6.07) is 8.69. The highest BCUT2D eigenvalue weighted by Gasteiger charge is 2.37. The average molecular weight is 593 g/mol. The summed E-state index contributed by atoms with van der Waals surface area (Å²) in [6.07, 6.45) is 2.48. The van der Waals surface area contributed by atoms with Gasteiger partial charge in [0.1, 0.15) is 12.1 Å². The zero-order valence-electron chi connectivity index (χ0n) is 23.1. The first kappa shape index (κ1) is 30.5. The molecule has 0 saturated carbocycles. The van der Waals surface area contributed by atoms with Gasteiger partial charge in [-0.25, -0.2) is 10.2 Å². The first-order valence-electron chi connectivity index (χ1n) is 13.6. The van der Waals surface area contributed by atoms with Crippen molar-refractivity contribution in [2.24, 2.45) is 10.8 Å². The third kappa shape index (κ3) is 8.31. The summed E-state index contributed by atoms with van der Waals surface area (Å²) in [5.41, 5.74) is 7.32. The van der Waals surface area contributed by atoms with Crippen molar-refractivity contribution >= 4 is 46.7 Å². The quantitative estimate of drug-likeness (QED) is 0.123. The number of fused-ring (bicyclic) bond motifs is 1. The number of nitrogens with one attached hydrogen (secondary N) is 4. The highest BCUT2D eigenvalue weighted by Crippen LogP contribution is 2.22. The van der Waals surface area contributed by atoms with Crippen LogP contribution in [0.4, 0.5) is 4.79 Å². The highest BCUT2D eigenvalue weighted by molar-refractivity contribution is 6.08. The number of amides is 5. The van der Waals surface area contributed by atoms with Gasteiger partial charge in [-0.1, -0.05) is 41.6 Å². The predicted molar refractivity (Wildman–Crippen MR) is 152 cm³/mol. The van der Waals surface area contributed by atoms with Gasteiger partial charge >= 0.3 is 12.0 Å². The number of aliphatic carboxylic acids is 1. The molecule has 16 nitrogen and oxygen atoms in total. The molecule has 1 fully saturated rings. The number of nitrogens with zero attached hydrogens (tertiary/aromatic N) is 5. The molecule has 0 radical (unpaired) electrons. The number of primary amides is 1. The van der Waals surface area contributed by atoms with Crippen LogP contribution in [0.25, 0.3) is 10.8 Å². The molecule has 1 aliphatic rings. The SMILES string of the molecule is NC(=O)NN=C[C@H](CC(=O)O)NC(=O)[C@@H]1CCCCN1C(=O)[C@H](CCc1nn[nH]n1)NC(=O)c1cccc2ccccc12. The maximum Gasteiger partial charge on any atom is 0.332 e. The van der Waals surface area contributed by atoms with Crippen LogP contribution >= 0.6 is 0 Å². The van der Waals surface area contributed by atoms with Crippen molar-refractivity contribution in [1.29, 1.82) is 0 Å². The van der Waals surface area contributed by atoms with Gasteiger partial charge in [0.05, 0.1) is 12.5 Å². The second kappa shape index (κ2) is 14.5. The van der Waals surface area contributed by atoms with E-state index in [2.05, 4.69) is 36.4 Å². The molecule has 3 aromatic rings. The number of carbonyl (C=O) groups is 5. The summed E-state index contributed by atoms with van der Waals surface area (Å²) in [6.45, 7) is 0.251. The Morgan fingerprint density at radius 3 is 2.65 bits per heavy atom.